The Morgan fingerprint density at radius 1 is 1.32 bits per heavy atom. The molecule has 0 spiro atoms. The molecule has 1 aromatic rings. The maximum Gasteiger partial charge on any atom is 0.241 e. The minimum atomic E-state index is -3.74. The Bertz CT molecular complexity index is 617. The Balaban J connectivity index is 2.17. The zero-order valence-electron chi connectivity index (χ0n) is 10.1. The van der Waals surface area contributed by atoms with Gasteiger partial charge in [-0.3, -0.25) is 4.79 Å². The van der Waals surface area contributed by atoms with Crippen LogP contribution in [0.2, 0.25) is 0 Å². The van der Waals surface area contributed by atoms with Crippen molar-refractivity contribution in [1.29, 1.82) is 5.26 Å². The summed E-state index contributed by atoms with van der Waals surface area (Å²) in [4.78, 5) is 11.6. The van der Waals surface area contributed by atoms with Gasteiger partial charge in [0, 0.05) is 6.54 Å². The standard InChI is InChI=1S/C12H13N3O3S/c13-8-9-3-5-10(6-4-9)19(17,18)15-11-2-1-7-14-12(11)16/h3-6,11,15H,1-2,7H2,(H,14,16). The van der Waals surface area contributed by atoms with Crippen molar-refractivity contribution in [3.05, 3.63) is 29.8 Å². The number of piperidine rings is 1. The summed E-state index contributed by atoms with van der Waals surface area (Å²) in [6.07, 6.45) is 1.23. The minimum Gasteiger partial charge on any atom is -0.355 e. The lowest BCUT2D eigenvalue weighted by Crippen LogP contribution is -2.50. The number of amides is 1. The predicted octanol–water partition coefficient (Wildman–Crippen LogP) is 0.115. The first-order valence-electron chi connectivity index (χ1n) is 5.83. The molecular weight excluding hydrogens is 266 g/mol. The van der Waals surface area contributed by atoms with Crippen LogP contribution in [0, 0.1) is 11.3 Å². The fourth-order valence-corrected chi connectivity index (χ4v) is 3.08. The molecule has 0 radical (unpaired) electrons. The van der Waals surface area contributed by atoms with Crippen molar-refractivity contribution in [1.82, 2.24) is 10.0 Å². The van der Waals surface area contributed by atoms with E-state index >= 15 is 0 Å². The third-order valence-corrected chi connectivity index (χ3v) is 4.36. The van der Waals surface area contributed by atoms with Gasteiger partial charge in [-0.2, -0.15) is 9.98 Å². The van der Waals surface area contributed by atoms with Crippen LogP contribution >= 0.6 is 0 Å². The highest BCUT2D eigenvalue weighted by molar-refractivity contribution is 7.89. The number of sulfonamides is 1. The van der Waals surface area contributed by atoms with E-state index in [0.717, 1.165) is 6.42 Å². The normalized spacial score (nSPS) is 19.5. The van der Waals surface area contributed by atoms with Gasteiger partial charge in [-0.25, -0.2) is 8.42 Å². The van der Waals surface area contributed by atoms with Crippen LogP contribution in [0.5, 0.6) is 0 Å². The highest BCUT2D eigenvalue weighted by Crippen LogP contribution is 2.13. The largest absolute Gasteiger partial charge is 0.355 e. The molecule has 1 aliphatic heterocycles. The molecule has 2 N–H and O–H groups in total. The molecule has 1 aliphatic rings. The number of carbonyl (C=O) groups is 1. The van der Waals surface area contributed by atoms with Crippen LogP contribution in [0.25, 0.3) is 0 Å². The minimum absolute atomic E-state index is 0.0462. The summed E-state index contributed by atoms with van der Waals surface area (Å²) in [7, 11) is -3.74. The fourth-order valence-electron chi connectivity index (χ4n) is 1.85. The highest BCUT2D eigenvalue weighted by Gasteiger charge is 2.27. The van der Waals surface area contributed by atoms with E-state index in [1.165, 1.54) is 24.3 Å². The van der Waals surface area contributed by atoms with E-state index in [1.807, 2.05) is 6.07 Å². The zero-order chi connectivity index (χ0) is 13.9. The quantitative estimate of drug-likeness (QED) is 0.820. The van der Waals surface area contributed by atoms with Crippen molar-refractivity contribution in [2.75, 3.05) is 6.54 Å². The first kappa shape index (κ1) is 13.5. The first-order chi connectivity index (χ1) is 9.03. The van der Waals surface area contributed by atoms with Crippen LogP contribution in [0.3, 0.4) is 0 Å². The van der Waals surface area contributed by atoms with Gasteiger partial charge in [0.15, 0.2) is 0 Å². The average molecular weight is 279 g/mol. The molecule has 6 nitrogen and oxygen atoms in total. The number of hydrogen-bond acceptors (Lipinski definition) is 4. The molecule has 0 bridgehead atoms. The molecule has 1 amide bonds. The third kappa shape index (κ3) is 3.10. The van der Waals surface area contributed by atoms with Crippen molar-refractivity contribution < 1.29 is 13.2 Å². The first-order valence-corrected chi connectivity index (χ1v) is 7.31. The molecule has 1 unspecified atom stereocenters. The topological polar surface area (TPSA) is 99.1 Å². The number of rotatable bonds is 3. The van der Waals surface area contributed by atoms with Crippen LogP contribution in [-0.2, 0) is 14.8 Å². The monoisotopic (exact) mass is 279 g/mol. The molecule has 0 aromatic heterocycles. The number of carbonyl (C=O) groups excluding carboxylic acids is 1. The van der Waals surface area contributed by atoms with Gasteiger partial charge in [-0.1, -0.05) is 0 Å². The van der Waals surface area contributed by atoms with Gasteiger partial charge in [0.1, 0.15) is 6.04 Å². The van der Waals surface area contributed by atoms with Gasteiger partial charge >= 0.3 is 0 Å². The molecule has 2 rings (SSSR count). The van der Waals surface area contributed by atoms with Crippen LogP contribution in [0.15, 0.2) is 29.2 Å². The van der Waals surface area contributed by atoms with Crippen LogP contribution in [0.4, 0.5) is 0 Å². The SMILES string of the molecule is N#Cc1ccc(S(=O)(=O)NC2CCCNC2=O)cc1. The lowest BCUT2D eigenvalue weighted by molar-refractivity contribution is -0.124. The molecule has 1 aromatic carbocycles. The van der Waals surface area contributed by atoms with Gasteiger partial charge in [-0.05, 0) is 37.1 Å². The van der Waals surface area contributed by atoms with E-state index in [2.05, 4.69) is 10.0 Å². The van der Waals surface area contributed by atoms with Crippen molar-refractivity contribution in [2.45, 2.75) is 23.8 Å². The number of nitrogens with one attached hydrogen (secondary N) is 2. The van der Waals surface area contributed by atoms with E-state index < -0.39 is 16.1 Å². The van der Waals surface area contributed by atoms with E-state index in [4.69, 9.17) is 5.26 Å². The maximum absolute atomic E-state index is 12.1. The highest BCUT2D eigenvalue weighted by atomic mass is 32.2. The van der Waals surface area contributed by atoms with Crippen molar-refractivity contribution >= 4 is 15.9 Å². The molecule has 1 heterocycles. The lowest BCUT2D eigenvalue weighted by atomic mass is 10.1. The van der Waals surface area contributed by atoms with Gasteiger partial charge in [0.05, 0.1) is 16.5 Å². The molecule has 0 saturated carbocycles. The second-order valence-electron chi connectivity index (χ2n) is 4.24. The summed E-state index contributed by atoms with van der Waals surface area (Å²) >= 11 is 0. The molecule has 0 aliphatic carbocycles. The third-order valence-electron chi connectivity index (χ3n) is 2.88. The van der Waals surface area contributed by atoms with Crippen LogP contribution in [0.1, 0.15) is 18.4 Å². The summed E-state index contributed by atoms with van der Waals surface area (Å²) < 4.78 is 26.5. The second kappa shape index (κ2) is 5.38. The van der Waals surface area contributed by atoms with Crippen molar-refractivity contribution in [3.8, 4) is 6.07 Å². The smallest absolute Gasteiger partial charge is 0.241 e. The van der Waals surface area contributed by atoms with Gasteiger partial charge < -0.3 is 5.32 Å². The lowest BCUT2D eigenvalue weighted by Gasteiger charge is -2.22. The Morgan fingerprint density at radius 3 is 2.58 bits per heavy atom. The summed E-state index contributed by atoms with van der Waals surface area (Å²) in [5, 5.41) is 11.3. The Kier molecular flexibility index (Phi) is 3.83. The summed E-state index contributed by atoms with van der Waals surface area (Å²) in [6.45, 7) is 0.577. The Hall–Kier alpha value is -1.91. The molecule has 100 valence electrons. The number of nitriles is 1. The van der Waals surface area contributed by atoms with Crippen molar-refractivity contribution in [3.63, 3.8) is 0 Å². The summed E-state index contributed by atoms with van der Waals surface area (Å²) in [6, 6.07) is 6.74. The molecule has 1 atom stereocenters. The number of hydrogen-bond donors (Lipinski definition) is 2. The van der Waals surface area contributed by atoms with E-state index in [1.54, 1.807) is 0 Å². The second-order valence-corrected chi connectivity index (χ2v) is 5.96. The zero-order valence-corrected chi connectivity index (χ0v) is 10.9. The molecular formula is C12H13N3O3S. The molecule has 1 fully saturated rings. The number of benzene rings is 1. The molecule has 7 heteroatoms. The van der Waals surface area contributed by atoms with Crippen molar-refractivity contribution in [2.24, 2.45) is 0 Å². The summed E-state index contributed by atoms with van der Waals surface area (Å²) in [5.41, 5.74) is 0.384. The van der Waals surface area contributed by atoms with Crippen LogP contribution in [-0.4, -0.2) is 26.9 Å². The van der Waals surface area contributed by atoms with E-state index in [9.17, 15) is 13.2 Å². The number of nitrogens with zero attached hydrogens (tertiary/aromatic N) is 1. The Morgan fingerprint density at radius 2 is 2.00 bits per heavy atom. The van der Waals surface area contributed by atoms with Gasteiger partial charge in [0.25, 0.3) is 0 Å². The van der Waals surface area contributed by atoms with Gasteiger partial charge in [0.2, 0.25) is 15.9 Å². The van der Waals surface area contributed by atoms with E-state index in [0.29, 0.717) is 18.5 Å². The van der Waals surface area contributed by atoms with Gasteiger partial charge in [-0.15, -0.1) is 0 Å². The van der Waals surface area contributed by atoms with E-state index in [-0.39, 0.29) is 10.8 Å². The van der Waals surface area contributed by atoms with Crippen LogP contribution < -0.4 is 10.0 Å². The predicted molar refractivity (Wildman–Crippen MR) is 67.5 cm³/mol. The summed E-state index contributed by atoms with van der Waals surface area (Å²) in [5.74, 6) is -0.302. The fraction of sp³-hybridized carbons (Fsp3) is 0.333. The average Bonchev–Trinajstić information content (AvgIpc) is 2.41. The maximum atomic E-state index is 12.1. The molecule has 1 saturated heterocycles. The molecule has 19 heavy (non-hydrogen) atoms. The Labute approximate surface area is 111 Å².